The van der Waals surface area contributed by atoms with Gasteiger partial charge in [-0.3, -0.25) is 0 Å². The summed E-state index contributed by atoms with van der Waals surface area (Å²) in [5, 5.41) is 0. The lowest BCUT2D eigenvalue weighted by Crippen LogP contribution is -2.41. The summed E-state index contributed by atoms with van der Waals surface area (Å²) < 4.78 is 2.62. The van der Waals surface area contributed by atoms with E-state index in [2.05, 4.69) is 44.4 Å². The van der Waals surface area contributed by atoms with Gasteiger partial charge in [-0.1, -0.05) is 110 Å². The fourth-order valence-corrected chi connectivity index (χ4v) is 4.74. The lowest BCUT2D eigenvalue weighted by molar-refractivity contribution is -0.710. The summed E-state index contributed by atoms with van der Waals surface area (Å²) in [6, 6.07) is 4.82. The minimum Gasteiger partial charge on any atom is -0.200 e. The van der Waals surface area contributed by atoms with Crippen LogP contribution in [-0.4, -0.2) is 0 Å². The van der Waals surface area contributed by atoms with Gasteiger partial charge in [0.15, 0.2) is 11.4 Å². The van der Waals surface area contributed by atoms with Gasteiger partial charge in [-0.15, -0.1) is 0 Å². The molecule has 0 atom stereocenters. The Labute approximate surface area is 190 Å². The third-order valence-electron chi connectivity index (χ3n) is 6.63. The summed E-state index contributed by atoms with van der Waals surface area (Å²) >= 11 is 0. The van der Waals surface area contributed by atoms with E-state index in [1.165, 1.54) is 140 Å². The van der Waals surface area contributed by atoms with Gasteiger partial charge < -0.3 is 0 Å². The van der Waals surface area contributed by atoms with E-state index >= 15 is 0 Å². The zero-order valence-electron chi connectivity index (χ0n) is 21.2. The maximum Gasteiger partial charge on any atom is 0.181 e. The third kappa shape index (κ3) is 13.5. The standard InChI is InChI=1S/C29H54N/c1-5-7-9-11-13-15-16-17-19-21-23-29-26-27(3)25-28(4)30(29)24-22-20-18-14-12-10-8-6-2/h25-26H,5-24H2,1-4H3/q+1. The van der Waals surface area contributed by atoms with Crippen molar-refractivity contribution in [2.75, 3.05) is 0 Å². The normalized spacial score (nSPS) is 11.3. The molecule has 1 nitrogen and oxygen atoms in total. The van der Waals surface area contributed by atoms with Crippen molar-refractivity contribution >= 4 is 0 Å². The van der Waals surface area contributed by atoms with E-state index < -0.39 is 0 Å². The van der Waals surface area contributed by atoms with Gasteiger partial charge in [0.05, 0.1) is 0 Å². The Morgan fingerprint density at radius 3 is 1.47 bits per heavy atom. The molecule has 0 bridgehead atoms. The van der Waals surface area contributed by atoms with Gasteiger partial charge in [0, 0.05) is 31.9 Å². The van der Waals surface area contributed by atoms with Crippen molar-refractivity contribution in [3.8, 4) is 0 Å². The number of unbranched alkanes of at least 4 members (excludes halogenated alkanes) is 16. The monoisotopic (exact) mass is 416 g/mol. The minimum absolute atomic E-state index is 1.22. The molecule has 0 fully saturated rings. The Balaban J connectivity index is 2.24. The van der Waals surface area contributed by atoms with Crippen molar-refractivity contribution in [1.82, 2.24) is 0 Å². The summed E-state index contributed by atoms with van der Waals surface area (Å²) in [4.78, 5) is 0. The highest BCUT2D eigenvalue weighted by Crippen LogP contribution is 2.13. The Bertz CT molecular complexity index is 519. The van der Waals surface area contributed by atoms with Crippen molar-refractivity contribution in [1.29, 1.82) is 0 Å². The maximum atomic E-state index is 2.62. The van der Waals surface area contributed by atoms with Crippen LogP contribution in [0.25, 0.3) is 0 Å². The van der Waals surface area contributed by atoms with E-state index in [4.69, 9.17) is 0 Å². The van der Waals surface area contributed by atoms with Gasteiger partial charge >= 0.3 is 0 Å². The molecule has 1 heterocycles. The van der Waals surface area contributed by atoms with E-state index in [0.29, 0.717) is 0 Å². The molecule has 1 aromatic rings. The molecule has 0 saturated carbocycles. The predicted molar refractivity (Wildman–Crippen MR) is 134 cm³/mol. The smallest absolute Gasteiger partial charge is 0.181 e. The largest absolute Gasteiger partial charge is 0.200 e. The first-order valence-electron chi connectivity index (χ1n) is 13.7. The van der Waals surface area contributed by atoms with Gasteiger partial charge in [-0.2, -0.15) is 0 Å². The number of aromatic nitrogens is 1. The summed E-state index contributed by atoms with van der Waals surface area (Å²) in [5.41, 5.74) is 4.47. The van der Waals surface area contributed by atoms with E-state index in [1.54, 1.807) is 5.69 Å². The number of hydrogen-bond acceptors (Lipinski definition) is 0. The second-order valence-corrected chi connectivity index (χ2v) is 9.72. The van der Waals surface area contributed by atoms with Crippen molar-refractivity contribution < 1.29 is 4.57 Å². The summed E-state index contributed by atoms with van der Waals surface area (Å²) in [6.07, 6.45) is 26.7. The van der Waals surface area contributed by atoms with Crippen molar-refractivity contribution in [2.24, 2.45) is 0 Å². The lowest BCUT2D eigenvalue weighted by atomic mass is 10.0. The molecule has 0 aliphatic heterocycles. The number of rotatable bonds is 20. The number of nitrogens with zero attached hydrogens (tertiary/aromatic N) is 1. The second kappa shape index (κ2) is 18.9. The SMILES string of the molecule is CCCCCCCCCCCCc1cc(C)cc(C)[n+]1CCCCCCCCCC. The third-order valence-corrected chi connectivity index (χ3v) is 6.63. The molecule has 174 valence electrons. The second-order valence-electron chi connectivity index (χ2n) is 9.72. The molecule has 0 radical (unpaired) electrons. The van der Waals surface area contributed by atoms with Crippen LogP contribution in [0.3, 0.4) is 0 Å². The van der Waals surface area contributed by atoms with Crippen LogP contribution in [-0.2, 0) is 13.0 Å². The molecule has 1 heteroatoms. The van der Waals surface area contributed by atoms with E-state index in [1.807, 2.05) is 0 Å². The van der Waals surface area contributed by atoms with Gasteiger partial charge in [0.25, 0.3) is 0 Å². The minimum atomic E-state index is 1.22. The number of aryl methyl sites for hydroxylation is 3. The first-order chi connectivity index (χ1) is 14.7. The van der Waals surface area contributed by atoms with Gasteiger partial charge in [0.2, 0.25) is 0 Å². The predicted octanol–water partition coefficient (Wildman–Crippen LogP) is 9.20. The Hall–Kier alpha value is -0.850. The fraction of sp³-hybridized carbons (Fsp3) is 0.828. The highest BCUT2D eigenvalue weighted by Gasteiger charge is 2.14. The zero-order chi connectivity index (χ0) is 21.9. The summed E-state index contributed by atoms with van der Waals surface area (Å²) in [5.74, 6) is 0. The molecule has 0 N–H and O–H groups in total. The van der Waals surface area contributed by atoms with Crippen LogP contribution < -0.4 is 4.57 Å². The van der Waals surface area contributed by atoms with Crippen LogP contribution in [0.4, 0.5) is 0 Å². The first kappa shape index (κ1) is 27.2. The molecular formula is C29H54N+. The van der Waals surface area contributed by atoms with Gasteiger partial charge in [-0.25, -0.2) is 4.57 Å². The molecular weight excluding hydrogens is 362 g/mol. The average molecular weight is 417 g/mol. The quantitative estimate of drug-likeness (QED) is 0.147. The van der Waals surface area contributed by atoms with Crippen LogP contribution in [0.15, 0.2) is 12.1 Å². The van der Waals surface area contributed by atoms with E-state index in [9.17, 15) is 0 Å². The Morgan fingerprint density at radius 2 is 0.967 bits per heavy atom. The van der Waals surface area contributed by atoms with Crippen LogP contribution >= 0.6 is 0 Å². The van der Waals surface area contributed by atoms with Crippen LogP contribution in [0, 0.1) is 13.8 Å². The highest BCUT2D eigenvalue weighted by atomic mass is 15.0. The molecule has 0 aliphatic rings. The Morgan fingerprint density at radius 1 is 0.533 bits per heavy atom. The van der Waals surface area contributed by atoms with Crippen molar-refractivity contribution in [3.63, 3.8) is 0 Å². The summed E-state index contributed by atoms with van der Waals surface area (Å²) in [7, 11) is 0. The molecule has 0 unspecified atom stereocenters. The lowest BCUT2D eigenvalue weighted by Gasteiger charge is -2.09. The molecule has 1 rings (SSSR count). The van der Waals surface area contributed by atoms with Crippen LogP contribution in [0.1, 0.15) is 146 Å². The van der Waals surface area contributed by atoms with Crippen LogP contribution in [0.2, 0.25) is 0 Å². The molecule has 0 amide bonds. The Kier molecular flexibility index (Phi) is 17.1. The zero-order valence-corrected chi connectivity index (χ0v) is 21.2. The van der Waals surface area contributed by atoms with Gasteiger partial charge in [0.1, 0.15) is 6.54 Å². The maximum absolute atomic E-state index is 2.62. The van der Waals surface area contributed by atoms with E-state index in [0.717, 1.165) is 0 Å². The molecule has 1 aromatic heterocycles. The first-order valence-corrected chi connectivity index (χ1v) is 13.7. The molecule has 30 heavy (non-hydrogen) atoms. The van der Waals surface area contributed by atoms with Crippen molar-refractivity contribution in [3.05, 3.63) is 29.1 Å². The highest BCUT2D eigenvalue weighted by molar-refractivity contribution is 5.14. The topological polar surface area (TPSA) is 3.88 Å². The molecule has 0 aliphatic carbocycles. The molecule has 0 spiro atoms. The number of hydrogen-bond donors (Lipinski definition) is 0. The average Bonchev–Trinajstić information content (AvgIpc) is 2.72. The molecule has 0 aromatic carbocycles. The van der Waals surface area contributed by atoms with Crippen LogP contribution in [0.5, 0.6) is 0 Å². The van der Waals surface area contributed by atoms with Crippen molar-refractivity contribution in [2.45, 2.75) is 156 Å². The fourth-order valence-electron chi connectivity index (χ4n) is 4.74. The number of pyridine rings is 1. The summed E-state index contributed by atoms with van der Waals surface area (Å²) in [6.45, 7) is 10.4. The van der Waals surface area contributed by atoms with E-state index in [-0.39, 0.29) is 0 Å². The van der Waals surface area contributed by atoms with Gasteiger partial charge in [-0.05, 0) is 25.3 Å². The molecule has 0 saturated heterocycles.